The molecule has 0 aliphatic carbocycles. The number of aromatic nitrogens is 2. The third-order valence-corrected chi connectivity index (χ3v) is 6.97. The van der Waals surface area contributed by atoms with Crippen LogP contribution in [0.4, 0.5) is 0 Å². The molecule has 3 aromatic carbocycles. The molecule has 5 rings (SSSR count). The van der Waals surface area contributed by atoms with E-state index in [-0.39, 0.29) is 6.61 Å². The van der Waals surface area contributed by atoms with E-state index < -0.39 is 35.8 Å². The van der Waals surface area contributed by atoms with E-state index in [1.54, 1.807) is 20.3 Å². The molecule has 2 heterocycles. The molecule has 39 heavy (non-hydrogen) atoms. The number of nitrogens with zero attached hydrogens (tertiary/aromatic N) is 2. The fraction of sp³-hybridized carbons (Fsp3) is 0.267. The highest BCUT2D eigenvalue weighted by Crippen LogP contribution is 2.43. The first-order chi connectivity index (χ1) is 19.0. The van der Waals surface area contributed by atoms with Crippen molar-refractivity contribution in [2.45, 2.75) is 30.1 Å². The van der Waals surface area contributed by atoms with Crippen molar-refractivity contribution in [3.8, 4) is 11.5 Å². The van der Waals surface area contributed by atoms with E-state index >= 15 is 0 Å². The molecule has 1 fully saturated rings. The maximum absolute atomic E-state index is 12.3. The summed E-state index contributed by atoms with van der Waals surface area (Å²) in [5, 5.41) is 21.7. The van der Waals surface area contributed by atoms with Crippen LogP contribution in [0, 0.1) is 0 Å². The smallest absolute Gasteiger partial charge is 0.349 e. The number of benzene rings is 3. The first-order valence-corrected chi connectivity index (χ1v) is 12.5. The average Bonchev–Trinajstić information content (AvgIpc) is 3.27. The number of aliphatic hydroxyl groups is 2. The van der Waals surface area contributed by atoms with Gasteiger partial charge in [0, 0.05) is 12.4 Å². The minimum atomic E-state index is -1.36. The normalized spacial score (nSPS) is 22.3. The lowest BCUT2D eigenvalue weighted by atomic mass is 9.80. The van der Waals surface area contributed by atoms with Crippen molar-refractivity contribution in [3.05, 3.63) is 124 Å². The van der Waals surface area contributed by atoms with E-state index in [0.717, 1.165) is 21.3 Å². The van der Waals surface area contributed by atoms with Crippen molar-refractivity contribution < 1.29 is 29.2 Å². The molecule has 1 aliphatic rings. The van der Waals surface area contributed by atoms with Crippen LogP contribution >= 0.6 is 0 Å². The lowest BCUT2D eigenvalue weighted by Crippen LogP contribution is -2.39. The minimum absolute atomic E-state index is 0.109. The summed E-state index contributed by atoms with van der Waals surface area (Å²) in [5.41, 5.74) is 0.668. The van der Waals surface area contributed by atoms with Gasteiger partial charge in [0.05, 0.1) is 20.8 Å². The van der Waals surface area contributed by atoms with Crippen LogP contribution in [0.3, 0.4) is 0 Å². The Labute approximate surface area is 225 Å². The van der Waals surface area contributed by atoms with Gasteiger partial charge in [-0.15, -0.1) is 0 Å². The molecule has 0 radical (unpaired) electrons. The van der Waals surface area contributed by atoms with Gasteiger partial charge in [-0.1, -0.05) is 54.6 Å². The summed E-state index contributed by atoms with van der Waals surface area (Å²) in [5.74, 6) is 1.34. The first-order valence-electron chi connectivity index (χ1n) is 12.5. The first kappa shape index (κ1) is 26.6. The van der Waals surface area contributed by atoms with Crippen molar-refractivity contribution in [3.63, 3.8) is 0 Å². The Morgan fingerprint density at radius 2 is 1.54 bits per heavy atom. The Kier molecular flexibility index (Phi) is 7.76. The molecule has 1 aromatic heterocycles. The van der Waals surface area contributed by atoms with Crippen molar-refractivity contribution >= 4 is 0 Å². The Bertz CT molecular complexity index is 1440. The molecule has 2 N–H and O–H groups in total. The highest BCUT2D eigenvalue weighted by Gasteiger charge is 2.46. The van der Waals surface area contributed by atoms with E-state index in [4.69, 9.17) is 18.9 Å². The van der Waals surface area contributed by atoms with E-state index in [9.17, 15) is 15.0 Å². The van der Waals surface area contributed by atoms with Gasteiger partial charge >= 0.3 is 5.69 Å². The quantitative estimate of drug-likeness (QED) is 0.318. The van der Waals surface area contributed by atoms with Crippen molar-refractivity contribution in [1.29, 1.82) is 0 Å². The standard InChI is InChI=1S/C30H30N2O7/c1-36-23-14-12-21(13-15-23)30(20-8-4-3-5-9-20,22-10-6-11-24(18-22)37-2)38-19-25-26(33)27(34)28(39-25)32-17-7-16-31-29(32)35/h3-18,25-28,33-34H,19H2,1-2H3/t25-,26-,27-,28-,30?/m1/s1. The molecule has 1 unspecified atom stereocenters. The third-order valence-electron chi connectivity index (χ3n) is 6.97. The van der Waals surface area contributed by atoms with Crippen LogP contribution in [-0.4, -0.2) is 58.9 Å². The summed E-state index contributed by atoms with van der Waals surface area (Å²) in [4.78, 5) is 16.0. The van der Waals surface area contributed by atoms with Gasteiger partial charge in [-0.2, -0.15) is 0 Å². The van der Waals surface area contributed by atoms with Crippen molar-refractivity contribution in [1.82, 2.24) is 9.55 Å². The SMILES string of the molecule is COc1ccc(C(OC[C@H]2O[C@@H](n3cccnc3=O)[C@H](O)[C@@H]2O)(c2ccccc2)c2cccc(OC)c2)cc1. The number of aliphatic hydroxyl groups excluding tert-OH is 2. The molecule has 1 aliphatic heterocycles. The Morgan fingerprint density at radius 3 is 2.23 bits per heavy atom. The lowest BCUT2D eigenvalue weighted by molar-refractivity contribution is -0.0958. The highest BCUT2D eigenvalue weighted by atomic mass is 16.6. The van der Waals surface area contributed by atoms with E-state index in [1.165, 1.54) is 12.4 Å². The van der Waals surface area contributed by atoms with Crippen LogP contribution in [0.25, 0.3) is 0 Å². The van der Waals surface area contributed by atoms with Gasteiger partial charge in [0.25, 0.3) is 0 Å². The van der Waals surface area contributed by atoms with E-state index in [1.807, 2.05) is 78.9 Å². The van der Waals surface area contributed by atoms with Crippen LogP contribution < -0.4 is 15.2 Å². The molecule has 9 heteroatoms. The summed E-state index contributed by atoms with van der Waals surface area (Å²) in [6, 6.07) is 26.4. The number of ether oxygens (including phenoxy) is 4. The Hall–Kier alpha value is -4.02. The molecule has 0 spiro atoms. The highest BCUT2D eigenvalue weighted by molar-refractivity contribution is 5.50. The predicted octanol–water partition coefficient (Wildman–Crippen LogP) is 2.89. The zero-order chi connectivity index (χ0) is 27.4. The van der Waals surface area contributed by atoms with Gasteiger partial charge in [-0.05, 0) is 47.0 Å². The fourth-order valence-corrected chi connectivity index (χ4v) is 4.96. The maximum Gasteiger partial charge on any atom is 0.349 e. The molecule has 4 aromatic rings. The van der Waals surface area contributed by atoms with E-state index in [0.29, 0.717) is 11.5 Å². The molecule has 5 atom stereocenters. The average molecular weight is 531 g/mol. The number of hydrogen-bond acceptors (Lipinski definition) is 8. The number of rotatable bonds is 9. The van der Waals surface area contributed by atoms with Crippen LogP contribution in [0.2, 0.25) is 0 Å². The number of hydrogen-bond donors (Lipinski definition) is 2. The second-order valence-electron chi connectivity index (χ2n) is 9.17. The largest absolute Gasteiger partial charge is 0.497 e. The summed E-state index contributed by atoms with van der Waals surface area (Å²) in [6.45, 7) is -0.109. The molecule has 0 bridgehead atoms. The van der Waals surface area contributed by atoms with Crippen LogP contribution in [0.15, 0.2) is 102 Å². The van der Waals surface area contributed by atoms with Crippen LogP contribution in [-0.2, 0) is 15.1 Å². The van der Waals surface area contributed by atoms with E-state index in [2.05, 4.69) is 4.98 Å². The zero-order valence-electron chi connectivity index (χ0n) is 21.6. The molecule has 0 saturated carbocycles. The number of methoxy groups -OCH3 is 2. The van der Waals surface area contributed by atoms with Gasteiger partial charge in [-0.3, -0.25) is 4.57 Å². The van der Waals surface area contributed by atoms with Crippen molar-refractivity contribution in [2.24, 2.45) is 0 Å². The third kappa shape index (κ3) is 5.05. The molecular weight excluding hydrogens is 500 g/mol. The van der Waals surface area contributed by atoms with Gasteiger partial charge in [0.1, 0.15) is 35.4 Å². The Morgan fingerprint density at radius 1 is 0.846 bits per heavy atom. The van der Waals surface area contributed by atoms with Crippen LogP contribution in [0.1, 0.15) is 22.9 Å². The maximum atomic E-state index is 12.3. The van der Waals surface area contributed by atoms with Gasteiger partial charge in [0.15, 0.2) is 6.23 Å². The Balaban J connectivity index is 1.58. The summed E-state index contributed by atoms with van der Waals surface area (Å²) in [6.07, 6.45) is -1.90. The summed E-state index contributed by atoms with van der Waals surface area (Å²) in [7, 11) is 3.20. The van der Waals surface area contributed by atoms with Gasteiger partial charge in [-0.25, -0.2) is 9.78 Å². The van der Waals surface area contributed by atoms with Crippen molar-refractivity contribution in [2.75, 3.05) is 20.8 Å². The molecule has 1 saturated heterocycles. The fourth-order valence-electron chi connectivity index (χ4n) is 4.96. The second-order valence-corrected chi connectivity index (χ2v) is 9.17. The zero-order valence-corrected chi connectivity index (χ0v) is 21.6. The predicted molar refractivity (Wildman–Crippen MR) is 143 cm³/mol. The molecule has 202 valence electrons. The second kappa shape index (κ2) is 11.4. The molecule has 9 nitrogen and oxygen atoms in total. The van der Waals surface area contributed by atoms with Crippen LogP contribution in [0.5, 0.6) is 11.5 Å². The summed E-state index contributed by atoms with van der Waals surface area (Å²) >= 11 is 0. The van der Waals surface area contributed by atoms with Gasteiger partial charge in [0.2, 0.25) is 0 Å². The summed E-state index contributed by atoms with van der Waals surface area (Å²) < 4.78 is 24.8. The topological polar surface area (TPSA) is 112 Å². The van der Waals surface area contributed by atoms with Gasteiger partial charge < -0.3 is 29.2 Å². The lowest BCUT2D eigenvalue weighted by Gasteiger charge is -2.37. The molecular formula is C30H30N2O7. The molecule has 0 amide bonds. The minimum Gasteiger partial charge on any atom is -0.497 e. The monoisotopic (exact) mass is 530 g/mol.